The zero-order chi connectivity index (χ0) is 15.3. The number of hydrogen-bond donors (Lipinski definition) is 2. The summed E-state index contributed by atoms with van der Waals surface area (Å²) in [5.41, 5.74) is -2.33. The number of ether oxygens (including phenoxy) is 1. The van der Waals surface area contributed by atoms with E-state index in [1.807, 2.05) is 12.2 Å². The van der Waals surface area contributed by atoms with Crippen LogP contribution in [0.1, 0.15) is 32.6 Å². The fourth-order valence-electron chi connectivity index (χ4n) is 4.05. The highest BCUT2D eigenvalue weighted by molar-refractivity contribution is 6.09. The minimum Gasteiger partial charge on any atom is -0.453 e. The first-order chi connectivity index (χ1) is 9.97. The predicted molar refractivity (Wildman–Crippen MR) is 76.5 cm³/mol. The van der Waals surface area contributed by atoms with Gasteiger partial charge in [-0.2, -0.15) is 0 Å². The number of rotatable bonds is 4. The number of aliphatic hydroxyl groups is 1. The Kier molecular flexibility index (Phi) is 3.39. The standard InChI is InChI=1S/C15H20BNO4/c1-14-10(7-8-16)12(19)17-15(14,13(20)21-14)11(18)9-5-3-2-4-6-9/h3,5,9-11,18H,2,4,6-8H2,1H3,(H,17,19)/t9-,10+,11+,14+,15+/m1/s1. The molecule has 2 fully saturated rings. The van der Waals surface area contributed by atoms with E-state index < -0.39 is 29.1 Å². The molecule has 112 valence electrons. The quantitative estimate of drug-likeness (QED) is 0.448. The van der Waals surface area contributed by atoms with Crippen molar-refractivity contribution in [3.05, 3.63) is 12.2 Å². The van der Waals surface area contributed by atoms with E-state index in [2.05, 4.69) is 5.32 Å². The van der Waals surface area contributed by atoms with Crippen LogP contribution in [0.2, 0.25) is 6.32 Å². The van der Waals surface area contributed by atoms with Crippen LogP contribution in [0, 0.1) is 11.8 Å². The van der Waals surface area contributed by atoms with Crippen molar-refractivity contribution in [3.8, 4) is 0 Å². The maximum absolute atomic E-state index is 12.2. The molecular weight excluding hydrogens is 269 g/mol. The highest BCUT2D eigenvalue weighted by atomic mass is 16.6. The van der Waals surface area contributed by atoms with E-state index >= 15 is 0 Å². The molecule has 0 bridgehead atoms. The molecule has 2 radical (unpaired) electrons. The minimum atomic E-state index is -1.32. The monoisotopic (exact) mass is 289 g/mol. The van der Waals surface area contributed by atoms with E-state index in [1.165, 1.54) is 0 Å². The second kappa shape index (κ2) is 4.87. The van der Waals surface area contributed by atoms with Crippen molar-refractivity contribution >= 4 is 19.7 Å². The highest BCUT2D eigenvalue weighted by Gasteiger charge is 2.79. The van der Waals surface area contributed by atoms with Gasteiger partial charge in [0.1, 0.15) is 0 Å². The van der Waals surface area contributed by atoms with Crippen LogP contribution in [-0.2, 0) is 14.3 Å². The second-order valence-electron chi connectivity index (χ2n) is 6.39. The lowest BCUT2D eigenvalue weighted by atomic mass is 9.64. The van der Waals surface area contributed by atoms with Gasteiger partial charge in [0, 0.05) is 5.92 Å². The Morgan fingerprint density at radius 3 is 2.90 bits per heavy atom. The van der Waals surface area contributed by atoms with Gasteiger partial charge < -0.3 is 15.2 Å². The van der Waals surface area contributed by atoms with Crippen molar-refractivity contribution in [1.82, 2.24) is 5.32 Å². The minimum absolute atomic E-state index is 0.136. The largest absolute Gasteiger partial charge is 0.453 e. The Bertz CT molecular complexity index is 508. The van der Waals surface area contributed by atoms with Crippen LogP contribution in [-0.4, -0.2) is 42.1 Å². The van der Waals surface area contributed by atoms with Crippen molar-refractivity contribution in [2.24, 2.45) is 11.8 Å². The van der Waals surface area contributed by atoms with E-state index in [0.717, 1.165) is 19.3 Å². The van der Waals surface area contributed by atoms with Crippen LogP contribution >= 0.6 is 0 Å². The molecule has 1 aliphatic carbocycles. The molecule has 0 spiro atoms. The van der Waals surface area contributed by atoms with Crippen molar-refractivity contribution < 1.29 is 19.4 Å². The molecule has 3 aliphatic rings. The summed E-state index contributed by atoms with van der Waals surface area (Å²) in [6.07, 6.45) is 6.53. The zero-order valence-electron chi connectivity index (χ0n) is 12.2. The summed E-state index contributed by atoms with van der Waals surface area (Å²) in [6, 6.07) is 0. The second-order valence-corrected chi connectivity index (χ2v) is 6.39. The zero-order valence-corrected chi connectivity index (χ0v) is 12.2. The van der Waals surface area contributed by atoms with Crippen LogP contribution < -0.4 is 5.32 Å². The van der Waals surface area contributed by atoms with Gasteiger partial charge in [0.25, 0.3) is 0 Å². The molecule has 21 heavy (non-hydrogen) atoms. The summed E-state index contributed by atoms with van der Waals surface area (Å²) >= 11 is 0. The molecule has 5 nitrogen and oxygen atoms in total. The van der Waals surface area contributed by atoms with Crippen molar-refractivity contribution in [2.75, 3.05) is 0 Å². The molecule has 1 amide bonds. The van der Waals surface area contributed by atoms with Gasteiger partial charge in [-0.15, -0.1) is 0 Å². The van der Waals surface area contributed by atoms with Crippen LogP contribution in [0.15, 0.2) is 12.2 Å². The number of aliphatic hydroxyl groups excluding tert-OH is 1. The summed E-state index contributed by atoms with van der Waals surface area (Å²) in [5.74, 6) is -1.43. The van der Waals surface area contributed by atoms with E-state index in [4.69, 9.17) is 12.6 Å². The first-order valence-corrected chi connectivity index (χ1v) is 7.57. The molecule has 2 aliphatic heterocycles. The number of allylic oxidation sites excluding steroid dienone is 1. The molecule has 3 rings (SSSR count). The molecular formula is C15H20BNO4. The van der Waals surface area contributed by atoms with E-state index in [-0.39, 0.29) is 11.8 Å². The van der Waals surface area contributed by atoms with Crippen molar-refractivity contribution in [3.63, 3.8) is 0 Å². The lowest BCUT2D eigenvalue weighted by Crippen LogP contribution is -2.80. The first-order valence-electron chi connectivity index (χ1n) is 7.57. The predicted octanol–water partition coefficient (Wildman–Crippen LogP) is 0.481. The molecule has 0 aromatic carbocycles. The number of amides is 1. The van der Waals surface area contributed by atoms with Gasteiger partial charge >= 0.3 is 5.97 Å². The SMILES string of the molecule is [B]CC[C@H]1C(=O)N[C@@]2([C@@H](O)[C@@H]3C=CCCC3)C(=O)O[C@@]12C. The Balaban J connectivity index is 1.94. The summed E-state index contributed by atoms with van der Waals surface area (Å²) < 4.78 is 5.34. The lowest BCUT2D eigenvalue weighted by molar-refractivity contribution is -0.238. The Morgan fingerprint density at radius 1 is 1.57 bits per heavy atom. The van der Waals surface area contributed by atoms with E-state index in [9.17, 15) is 14.7 Å². The summed E-state index contributed by atoms with van der Waals surface area (Å²) in [7, 11) is 5.56. The average molecular weight is 289 g/mol. The number of carbonyl (C=O) groups excluding carboxylic acids is 2. The van der Waals surface area contributed by atoms with Crippen molar-refractivity contribution in [2.45, 2.75) is 56.2 Å². The van der Waals surface area contributed by atoms with Crippen LogP contribution in [0.5, 0.6) is 0 Å². The third-order valence-corrected chi connectivity index (χ3v) is 5.31. The molecule has 2 N–H and O–H groups in total. The first kappa shape index (κ1) is 14.6. The molecule has 5 atom stereocenters. The average Bonchev–Trinajstić information content (AvgIpc) is 2.65. The van der Waals surface area contributed by atoms with Gasteiger partial charge in [-0.25, -0.2) is 4.79 Å². The fourth-order valence-corrected chi connectivity index (χ4v) is 4.05. The summed E-state index contributed by atoms with van der Waals surface area (Å²) in [5, 5.41) is 13.5. The third-order valence-electron chi connectivity index (χ3n) is 5.31. The van der Waals surface area contributed by atoms with Crippen LogP contribution in [0.25, 0.3) is 0 Å². The van der Waals surface area contributed by atoms with E-state index in [0.29, 0.717) is 12.7 Å². The summed E-state index contributed by atoms with van der Waals surface area (Å²) in [6.45, 7) is 1.72. The number of carbonyl (C=O) groups is 2. The molecule has 2 saturated heterocycles. The van der Waals surface area contributed by atoms with Gasteiger partial charge in [-0.1, -0.05) is 18.5 Å². The van der Waals surface area contributed by atoms with Gasteiger partial charge in [0.2, 0.25) is 11.4 Å². The molecule has 0 saturated carbocycles. The van der Waals surface area contributed by atoms with Gasteiger partial charge in [0.15, 0.2) is 5.60 Å². The van der Waals surface area contributed by atoms with E-state index in [1.54, 1.807) is 6.92 Å². The molecule has 0 aromatic rings. The lowest BCUT2D eigenvalue weighted by Gasteiger charge is -2.54. The maximum atomic E-state index is 12.2. The van der Waals surface area contributed by atoms with Crippen LogP contribution in [0.3, 0.4) is 0 Å². The van der Waals surface area contributed by atoms with Crippen molar-refractivity contribution in [1.29, 1.82) is 0 Å². The Hall–Kier alpha value is -1.30. The molecule has 0 aromatic heterocycles. The normalized spacial score (nSPS) is 42.8. The summed E-state index contributed by atoms with van der Waals surface area (Å²) in [4.78, 5) is 24.4. The third kappa shape index (κ3) is 1.74. The number of nitrogens with one attached hydrogen (secondary N) is 1. The number of esters is 1. The maximum Gasteiger partial charge on any atom is 0.339 e. The molecule has 6 heteroatoms. The number of hydrogen-bond acceptors (Lipinski definition) is 4. The van der Waals surface area contributed by atoms with Crippen LogP contribution in [0.4, 0.5) is 0 Å². The fraction of sp³-hybridized carbons (Fsp3) is 0.733. The smallest absolute Gasteiger partial charge is 0.339 e. The molecule has 2 heterocycles. The Morgan fingerprint density at radius 2 is 2.33 bits per heavy atom. The van der Waals surface area contributed by atoms with Gasteiger partial charge in [-0.05, 0) is 32.6 Å². The molecule has 0 unspecified atom stereocenters. The Labute approximate surface area is 125 Å². The van der Waals surface area contributed by atoms with Gasteiger partial charge in [-0.3, -0.25) is 4.79 Å². The topological polar surface area (TPSA) is 75.6 Å². The highest BCUT2D eigenvalue weighted by Crippen LogP contribution is 2.53. The van der Waals surface area contributed by atoms with Gasteiger partial charge in [0.05, 0.1) is 19.9 Å². The number of fused-ring (bicyclic) bond motifs is 1.